The van der Waals surface area contributed by atoms with Gasteiger partial charge in [-0.15, -0.1) is 0 Å². The summed E-state index contributed by atoms with van der Waals surface area (Å²) < 4.78 is 28.1. The molecule has 1 aliphatic rings. The van der Waals surface area contributed by atoms with E-state index in [1.165, 1.54) is 12.4 Å². The van der Waals surface area contributed by atoms with Crippen molar-refractivity contribution in [3.05, 3.63) is 52.3 Å². The Kier molecular flexibility index (Phi) is 5.01. The van der Waals surface area contributed by atoms with Gasteiger partial charge in [0.05, 0.1) is 5.69 Å². The number of pyridine rings is 1. The Hall–Kier alpha value is -2.19. The van der Waals surface area contributed by atoms with Gasteiger partial charge >= 0.3 is 0 Å². The van der Waals surface area contributed by atoms with Gasteiger partial charge in [0, 0.05) is 24.7 Å². The highest BCUT2D eigenvalue weighted by Gasteiger charge is 2.26. The van der Waals surface area contributed by atoms with Crippen LogP contribution < -0.4 is 0 Å². The molecule has 9 heteroatoms. The first kappa shape index (κ1) is 18.2. The predicted octanol–water partition coefficient (Wildman–Crippen LogP) is 3.80. The molecule has 0 amide bonds. The van der Waals surface area contributed by atoms with Crippen molar-refractivity contribution in [1.82, 2.24) is 29.5 Å². The Labute approximate surface area is 160 Å². The number of rotatable bonds is 4. The van der Waals surface area contributed by atoms with Crippen molar-refractivity contribution in [3.63, 3.8) is 0 Å². The van der Waals surface area contributed by atoms with Crippen molar-refractivity contribution >= 4 is 17.4 Å². The maximum absolute atomic E-state index is 13.2. The van der Waals surface area contributed by atoms with E-state index in [9.17, 15) is 8.78 Å². The van der Waals surface area contributed by atoms with Crippen LogP contribution in [0.3, 0.4) is 0 Å². The lowest BCUT2D eigenvalue weighted by molar-refractivity contribution is 0.145. The van der Waals surface area contributed by atoms with Crippen LogP contribution in [0, 0.1) is 6.92 Å². The van der Waals surface area contributed by atoms with Crippen LogP contribution in [0.5, 0.6) is 0 Å². The van der Waals surface area contributed by atoms with Gasteiger partial charge in [0.1, 0.15) is 17.2 Å². The van der Waals surface area contributed by atoms with E-state index < -0.39 is 6.43 Å². The number of hydrogen-bond acceptors (Lipinski definition) is 5. The lowest BCUT2D eigenvalue weighted by atomic mass is 9.93. The summed E-state index contributed by atoms with van der Waals surface area (Å²) in [6, 6.07) is 5.36. The smallest absolute Gasteiger partial charge is 0.280 e. The van der Waals surface area contributed by atoms with E-state index in [1.54, 1.807) is 4.52 Å². The highest BCUT2D eigenvalue weighted by atomic mass is 35.5. The van der Waals surface area contributed by atoms with E-state index in [4.69, 9.17) is 11.6 Å². The number of likely N-dealkylation sites (tertiary alicyclic amines) is 1. The summed E-state index contributed by atoms with van der Waals surface area (Å²) in [5.74, 6) is 0.304. The highest BCUT2D eigenvalue weighted by Crippen LogP contribution is 2.30. The molecule has 1 atom stereocenters. The minimum Gasteiger partial charge on any atom is -0.298 e. The average Bonchev–Trinajstić information content (AvgIpc) is 3.08. The summed E-state index contributed by atoms with van der Waals surface area (Å²) in [6.45, 7) is 4.36. The molecule has 1 aliphatic heterocycles. The van der Waals surface area contributed by atoms with Crippen LogP contribution in [-0.2, 0) is 6.54 Å². The van der Waals surface area contributed by atoms with Crippen LogP contribution in [0.25, 0.3) is 5.78 Å². The molecule has 0 aliphatic carbocycles. The molecule has 0 bridgehead atoms. The van der Waals surface area contributed by atoms with Crippen molar-refractivity contribution in [2.75, 3.05) is 13.1 Å². The van der Waals surface area contributed by atoms with E-state index in [0.717, 1.165) is 49.4 Å². The van der Waals surface area contributed by atoms with Gasteiger partial charge in [0.25, 0.3) is 12.2 Å². The molecule has 6 nitrogen and oxygen atoms in total. The lowest BCUT2D eigenvalue weighted by Gasteiger charge is -2.33. The van der Waals surface area contributed by atoms with Gasteiger partial charge in [0.15, 0.2) is 0 Å². The summed E-state index contributed by atoms with van der Waals surface area (Å²) in [5.41, 5.74) is 2.47. The normalized spacial score (nSPS) is 18.5. The van der Waals surface area contributed by atoms with E-state index in [2.05, 4.69) is 25.0 Å². The Morgan fingerprint density at radius 1 is 1.26 bits per heavy atom. The van der Waals surface area contributed by atoms with Gasteiger partial charge in [-0.25, -0.2) is 23.3 Å². The third-order valence-electron chi connectivity index (χ3n) is 4.83. The Morgan fingerprint density at radius 2 is 2.11 bits per heavy atom. The third kappa shape index (κ3) is 3.91. The van der Waals surface area contributed by atoms with E-state index in [1.807, 2.05) is 19.1 Å². The molecular weight excluding hydrogens is 374 g/mol. The molecule has 142 valence electrons. The Bertz CT molecular complexity index is 940. The minimum atomic E-state index is -2.63. The molecule has 0 N–H and O–H groups in total. The molecule has 27 heavy (non-hydrogen) atoms. The number of alkyl halides is 2. The van der Waals surface area contributed by atoms with Crippen LogP contribution >= 0.6 is 11.6 Å². The molecular formula is C18H19ClF2N6. The van der Waals surface area contributed by atoms with Gasteiger partial charge in [-0.05, 0) is 50.1 Å². The monoisotopic (exact) mass is 392 g/mol. The van der Waals surface area contributed by atoms with Gasteiger partial charge < -0.3 is 0 Å². The molecule has 3 aromatic rings. The standard InChI is InChI=1S/C18H19ClF2N6/c1-11-5-12(6-16(19)24-11)8-26-4-2-3-13(9-26)15-7-14(17(20)21)25-18-22-10-23-27(15)18/h5-7,10,13,17H,2-4,8-9H2,1H3/t13-/m0/s1. The van der Waals surface area contributed by atoms with Gasteiger partial charge in [-0.3, -0.25) is 4.90 Å². The molecule has 1 saturated heterocycles. The highest BCUT2D eigenvalue weighted by molar-refractivity contribution is 6.29. The number of nitrogens with zero attached hydrogens (tertiary/aromatic N) is 6. The van der Waals surface area contributed by atoms with Crippen molar-refractivity contribution in [2.45, 2.75) is 38.7 Å². The van der Waals surface area contributed by atoms with Crippen LogP contribution in [0.2, 0.25) is 5.15 Å². The first-order valence-electron chi connectivity index (χ1n) is 8.84. The number of hydrogen-bond donors (Lipinski definition) is 0. The van der Waals surface area contributed by atoms with Crippen molar-refractivity contribution in [3.8, 4) is 0 Å². The van der Waals surface area contributed by atoms with Crippen LogP contribution in [-0.4, -0.2) is 42.6 Å². The molecule has 4 heterocycles. The first-order chi connectivity index (χ1) is 13.0. The summed E-state index contributed by atoms with van der Waals surface area (Å²) in [6.07, 6.45) is 0.606. The fraction of sp³-hybridized carbons (Fsp3) is 0.444. The van der Waals surface area contributed by atoms with E-state index >= 15 is 0 Å². The maximum atomic E-state index is 13.2. The third-order valence-corrected chi connectivity index (χ3v) is 5.03. The predicted molar refractivity (Wildman–Crippen MR) is 97.0 cm³/mol. The lowest BCUT2D eigenvalue weighted by Crippen LogP contribution is -2.34. The average molecular weight is 393 g/mol. The van der Waals surface area contributed by atoms with Crippen molar-refractivity contribution in [1.29, 1.82) is 0 Å². The summed E-state index contributed by atoms with van der Waals surface area (Å²) in [7, 11) is 0. The number of piperidine rings is 1. The SMILES string of the molecule is Cc1cc(CN2CCC[C@H](c3cc(C(F)F)nc4ncnn34)C2)cc(Cl)n1. The van der Waals surface area contributed by atoms with Gasteiger partial charge in [0.2, 0.25) is 0 Å². The molecule has 3 aromatic heterocycles. The number of aromatic nitrogens is 5. The largest absolute Gasteiger partial charge is 0.298 e. The fourth-order valence-corrected chi connectivity index (χ4v) is 4.02. The summed E-state index contributed by atoms with van der Waals surface area (Å²) in [5, 5.41) is 4.67. The molecule has 0 radical (unpaired) electrons. The second-order valence-corrected chi connectivity index (χ2v) is 7.28. The van der Waals surface area contributed by atoms with Crippen LogP contribution in [0.4, 0.5) is 8.78 Å². The second-order valence-electron chi connectivity index (χ2n) is 6.89. The first-order valence-corrected chi connectivity index (χ1v) is 9.21. The Balaban J connectivity index is 1.59. The number of halogens is 3. The maximum Gasteiger partial charge on any atom is 0.280 e. The zero-order valence-corrected chi connectivity index (χ0v) is 15.6. The van der Waals surface area contributed by atoms with Crippen molar-refractivity contribution in [2.24, 2.45) is 0 Å². The minimum absolute atomic E-state index is 0.0851. The van der Waals surface area contributed by atoms with E-state index in [0.29, 0.717) is 5.15 Å². The Morgan fingerprint density at radius 3 is 2.89 bits per heavy atom. The molecule has 4 rings (SSSR count). The van der Waals surface area contributed by atoms with Gasteiger partial charge in [-0.1, -0.05) is 11.6 Å². The number of aryl methyl sites for hydroxylation is 1. The fourth-order valence-electron chi connectivity index (χ4n) is 3.74. The topological polar surface area (TPSA) is 59.2 Å². The molecule has 0 saturated carbocycles. The molecule has 0 aromatic carbocycles. The van der Waals surface area contributed by atoms with Gasteiger partial charge in [-0.2, -0.15) is 10.1 Å². The molecule has 0 unspecified atom stereocenters. The van der Waals surface area contributed by atoms with Crippen LogP contribution in [0.15, 0.2) is 24.5 Å². The zero-order chi connectivity index (χ0) is 19.0. The second kappa shape index (κ2) is 7.44. The number of fused-ring (bicyclic) bond motifs is 1. The summed E-state index contributed by atoms with van der Waals surface area (Å²) in [4.78, 5) is 14.4. The molecule has 0 spiro atoms. The van der Waals surface area contributed by atoms with Crippen molar-refractivity contribution < 1.29 is 8.78 Å². The van der Waals surface area contributed by atoms with Crippen LogP contribution in [0.1, 0.15) is 47.8 Å². The zero-order valence-electron chi connectivity index (χ0n) is 14.8. The molecule has 1 fully saturated rings. The quantitative estimate of drug-likeness (QED) is 0.632. The van der Waals surface area contributed by atoms with E-state index in [-0.39, 0.29) is 17.4 Å². The summed E-state index contributed by atoms with van der Waals surface area (Å²) >= 11 is 6.07.